The highest BCUT2D eigenvalue weighted by molar-refractivity contribution is 5.86. The lowest BCUT2D eigenvalue weighted by molar-refractivity contribution is -0.132. The number of aryl methyl sites for hydroxylation is 1. The van der Waals surface area contributed by atoms with Gasteiger partial charge in [0.15, 0.2) is 5.89 Å². The lowest BCUT2D eigenvalue weighted by atomic mass is 9.87. The number of nitrogens with zero attached hydrogens (tertiary/aromatic N) is 1. The number of carboxylic acid groups (broad SMARTS) is 1. The Kier molecular flexibility index (Phi) is 11.8. The maximum atomic E-state index is 10.8. The molecule has 0 aliphatic rings. The van der Waals surface area contributed by atoms with Crippen LogP contribution >= 0.6 is 0 Å². The number of rotatable bonds is 12. The van der Waals surface area contributed by atoms with E-state index in [1.807, 2.05) is 25.2 Å². The third kappa shape index (κ3) is 10.2. The molecule has 1 aromatic heterocycles. The van der Waals surface area contributed by atoms with Gasteiger partial charge in [-0.1, -0.05) is 50.3 Å². The second kappa shape index (κ2) is 13.7. The number of carbonyl (C=O) groups is 1. The fourth-order valence-electron chi connectivity index (χ4n) is 3.05. The van der Waals surface area contributed by atoms with Crippen molar-refractivity contribution >= 4 is 12.0 Å². The van der Waals surface area contributed by atoms with Crippen LogP contribution in [0.5, 0.6) is 0 Å². The van der Waals surface area contributed by atoms with Crippen molar-refractivity contribution in [3.63, 3.8) is 0 Å². The molecule has 0 aliphatic carbocycles. The first kappa shape index (κ1) is 28.3. The molecule has 0 bridgehead atoms. The summed E-state index contributed by atoms with van der Waals surface area (Å²) in [4.78, 5) is 15.0. The molecule has 7 heteroatoms. The molecule has 7 nitrogen and oxygen atoms in total. The molecule has 0 aliphatic heterocycles. The van der Waals surface area contributed by atoms with Crippen LogP contribution in [0.15, 0.2) is 63.9 Å². The molecule has 33 heavy (non-hydrogen) atoms. The Morgan fingerprint density at radius 1 is 1.09 bits per heavy atom. The normalized spacial score (nSPS) is 18.5. The Morgan fingerprint density at radius 3 is 2.33 bits per heavy atom. The highest BCUT2D eigenvalue weighted by Gasteiger charge is 2.26. The first-order valence-electron chi connectivity index (χ1n) is 11.0. The van der Waals surface area contributed by atoms with E-state index in [0.717, 1.165) is 11.3 Å². The smallest absolute Gasteiger partial charge is 0.331 e. The molecule has 0 spiro atoms. The Bertz CT molecular complexity index is 921. The highest BCUT2D eigenvalue weighted by Crippen LogP contribution is 2.22. The summed E-state index contributed by atoms with van der Waals surface area (Å²) >= 11 is 0. The predicted molar refractivity (Wildman–Crippen MR) is 129 cm³/mol. The molecule has 0 aromatic carbocycles. The fourth-order valence-corrected chi connectivity index (χ4v) is 3.05. The molecule has 4 N–H and O–H groups in total. The summed E-state index contributed by atoms with van der Waals surface area (Å²) in [6, 6.07) is 0. The van der Waals surface area contributed by atoms with Crippen LogP contribution in [0.1, 0.15) is 52.6 Å². The summed E-state index contributed by atoms with van der Waals surface area (Å²) in [6.07, 6.45) is 11.2. The van der Waals surface area contributed by atoms with Crippen molar-refractivity contribution in [2.45, 2.75) is 66.3 Å². The molecule has 0 unspecified atom stereocenters. The first-order chi connectivity index (χ1) is 15.4. The number of aromatic nitrogens is 1. The molecule has 0 amide bonds. The summed E-state index contributed by atoms with van der Waals surface area (Å²) in [5.74, 6) is -1.17. The Hall–Kier alpha value is -2.74. The van der Waals surface area contributed by atoms with E-state index in [1.165, 1.54) is 13.0 Å². The number of hydrogen-bond donors (Lipinski definition) is 4. The van der Waals surface area contributed by atoms with Crippen LogP contribution in [-0.2, 0) is 4.79 Å². The van der Waals surface area contributed by atoms with Crippen LogP contribution in [0.2, 0.25) is 0 Å². The summed E-state index contributed by atoms with van der Waals surface area (Å²) < 4.78 is 5.17. The molecule has 1 aromatic rings. The number of aliphatic hydroxyl groups excluding tert-OH is 3. The van der Waals surface area contributed by atoms with Crippen molar-refractivity contribution < 1.29 is 29.6 Å². The Labute approximate surface area is 196 Å². The van der Waals surface area contributed by atoms with Crippen LogP contribution < -0.4 is 0 Å². The Morgan fingerprint density at radius 2 is 1.76 bits per heavy atom. The van der Waals surface area contributed by atoms with Gasteiger partial charge in [-0.25, -0.2) is 9.78 Å². The van der Waals surface area contributed by atoms with Gasteiger partial charge in [-0.15, -0.1) is 0 Å². The molecule has 1 heterocycles. The summed E-state index contributed by atoms with van der Waals surface area (Å²) in [6.45, 7) is 10.5. The maximum Gasteiger partial charge on any atom is 0.331 e. The second-order valence-corrected chi connectivity index (χ2v) is 8.52. The van der Waals surface area contributed by atoms with Crippen molar-refractivity contribution in [2.24, 2.45) is 11.8 Å². The quantitative estimate of drug-likeness (QED) is 0.272. The van der Waals surface area contributed by atoms with Gasteiger partial charge in [0, 0.05) is 30.8 Å². The molecular weight excluding hydrogens is 422 g/mol. The lowest BCUT2D eigenvalue weighted by Crippen LogP contribution is -2.34. The molecular formula is C26H37NO6. The summed E-state index contributed by atoms with van der Waals surface area (Å²) in [5.41, 5.74) is 2.59. The topological polar surface area (TPSA) is 124 Å². The van der Waals surface area contributed by atoms with Gasteiger partial charge >= 0.3 is 5.97 Å². The van der Waals surface area contributed by atoms with Gasteiger partial charge in [0.2, 0.25) is 0 Å². The number of aliphatic carboxylic acids is 1. The van der Waals surface area contributed by atoms with Crippen molar-refractivity contribution in [3.8, 4) is 0 Å². The van der Waals surface area contributed by atoms with E-state index >= 15 is 0 Å². The highest BCUT2D eigenvalue weighted by atomic mass is 16.4. The van der Waals surface area contributed by atoms with Crippen LogP contribution in [0.4, 0.5) is 0 Å². The molecule has 182 valence electrons. The molecule has 5 atom stereocenters. The number of carboxylic acids is 1. The van der Waals surface area contributed by atoms with Crippen molar-refractivity contribution in [1.29, 1.82) is 0 Å². The van der Waals surface area contributed by atoms with Crippen molar-refractivity contribution in [1.82, 2.24) is 4.98 Å². The number of oxazole rings is 1. The lowest BCUT2D eigenvalue weighted by Gasteiger charge is -2.27. The average molecular weight is 460 g/mol. The van der Waals surface area contributed by atoms with E-state index in [9.17, 15) is 20.1 Å². The second-order valence-electron chi connectivity index (χ2n) is 8.52. The van der Waals surface area contributed by atoms with Crippen LogP contribution in [-0.4, -0.2) is 49.7 Å². The number of aliphatic hydroxyl groups is 3. The molecule has 0 fully saturated rings. The van der Waals surface area contributed by atoms with Gasteiger partial charge in [0.05, 0.1) is 18.3 Å². The zero-order valence-corrected chi connectivity index (χ0v) is 20.3. The first-order valence-corrected chi connectivity index (χ1v) is 11.0. The minimum absolute atomic E-state index is 0.0907. The minimum Gasteiger partial charge on any atom is -0.478 e. The SMILES string of the molecule is CC(C=CC=C(C)[C@H](O)[C@@H](C)[C@@H](O)C[C@@H](O)[C@@H](C)C=CC=C(C)C(=O)O)=Cc1coc(C)n1. The zero-order valence-electron chi connectivity index (χ0n) is 20.3. The van der Waals surface area contributed by atoms with Gasteiger partial charge in [0.25, 0.3) is 0 Å². The molecule has 0 saturated carbocycles. The third-order valence-electron chi connectivity index (χ3n) is 5.49. The van der Waals surface area contributed by atoms with Crippen LogP contribution in [0.3, 0.4) is 0 Å². The summed E-state index contributed by atoms with van der Waals surface area (Å²) in [5, 5.41) is 40.4. The van der Waals surface area contributed by atoms with Gasteiger partial charge < -0.3 is 24.8 Å². The van der Waals surface area contributed by atoms with E-state index in [4.69, 9.17) is 9.52 Å². The maximum absolute atomic E-state index is 10.8. The largest absolute Gasteiger partial charge is 0.478 e. The number of hydrogen-bond acceptors (Lipinski definition) is 6. The monoisotopic (exact) mass is 459 g/mol. The van der Waals surface area contributed by atoms with Crippen LogP contribution in [0.25, 0.3) is 6.08 Å². The zero-order chi connectivity index (χ0) is 25.1. The molecule has 0 saturated heterocycles. The van der Waals surface area contributed by atoms with Crippen LogP contribution in [0, 0.1) is 18.8 Å². The van der Waals surface area contributed by atoms with Gasteiger partial charge in [0.1, 0.15) is 12.0 Å². The van der Waals surface area contributed by atoms with Gasteiger partial charge in [-0.2, -0.15) is 0 Å². The average Bonchev–Trinajstić information content (AvgIpc) is 3.16. The van der Waals surface area contributed by atoms with Crippen molar-refractivity contribution in [2.75, 3.05) is 0 Å². The van der Waals surface area contributed by atoms with E-state index in [1.54, 1.807) is 52.2 Å². The number of allylic oxidation sites excluding steroid dienone is 6. The standard InChI is InChI=1S/C26H37NO6/c1-16(13-22-15-33-21(6)27-22)9-7-11-18(3)25(30)20(5)24(29)14-23(28)17(2)10-8-12-19(4)26(31)32/h7-13,15,17,20,23-25,28-30H,14H2,1-6H3,(H,31,32)/t17-,20-,23+,24-,25-/m0/s1. The predicted octanol–water partition coefficient (Wildman–Crippen LogP) is 4.22. The Balaban J connectivity index is 2.65. The van der Waals surface area contributed by atoms with E-state index in [2.05, 4.69) is 4.98 Å². The van der Waals surface area contributed by atoms with Gasteiger partial charge in [-0.3, -0.25) is 0 Å². The minimum atomic E-state index is -0.999. The van der Waals surface area contributed by atoms with E-state index < -0.39 is 30.2 Å². The fraction of sp³-hybridized carbons (Fsp3) is 0.462. The molecule has 1 rings (SSSR count). The van der Waals surface area contributed by atoms with Crippen molar-refractivity contribution in [3.05, 3.63) is 71.0 Å². The van der Waals surface area contributed by atoms with Gasteiger partial charge in [-0.05, 0) is 38.0 Å². The third-order valence-corrected chi connectivity index (χ3v) is 5.49. The summed E-state index contributed by atoms with van der Waals surface area (Å²) in [7, 11) is 0. The molecule has 0 radical (unpaired) electrons. The van der Waals surface area contributed by atoms with E-state index in [-0.39, 0.29) is 17.9 Å². The van der Waals surface area contributed by atoms with E-state index in [0.29, 0.717) is 11.5 Å².